The van der Waals surface area contributed by atoms with Gasteiger partial charge in [0, 0.05) is 29.5 Å². The van der Waals surface area contributed by atoms with Crippen LogP contribution in [0.1, 0.15) is 16.1 Å². The van der Waals surface area contributed by atoms with Crippen LogP contribution in [0.25, 0.3) is 10.9 Å². The Morgan fingerprint density at radius 1 is 1.35 bits per heavy atom. The van der Waals surface area contributed by atoms with E-state index in [0.717, 1.165) is 10.9 Å². The van der Waals surface area contributed by atoms with Crippen molar-refractivity contribution in [2.75, 3.05) is 0 Å². The van der Waals surface area contributed by atoms with Crippen LogP contribution in [-0.4, -0.2) is 15.8 Å². The largest absolute Gasteiger partial charge is 0.446 e. The molecule has 17 heavy (non-hydrogen) atoms. The highest BCUT2D eigenvalue weighted by atomic mass is 79.9. The third-order valence-electron chi connectivity index (χ3n) is 2.52. The second kappa shape index (κ2) is 3.85. The molecule has 0 radical (unpaired) electrons. The first-order valence-corrected chi connectivity index (χ1v) is 5.76. The number of carbonyl (C=O) groups is 1. The molecule has 3 heterocycles. The highest BCUT2D eigenvalue weighted by Crippen LogP contribution is 2.22. The van der Waals surface area contributed by atoms with Gasteiger partial charge in [0.05, 0.1) is 5.56 Å². The highest BCUT2D eigenvalue weighted by Gasteiger charge is 2.17. The molecule has 3 aromatic rings. The number of aromatic nitrogens is 2. The average Bonchev–Trinajstić information content (AvgIpc) is 2.94. The van der Waals surface area contributed by atoms with Crippen LogP contribution in [0.3, 0.4) is 0 Å². The lowest BCUT2D eigenvalue weighted by Crippen LogP contribution is -1.98. The van der Waals surface area contributed by atoms with Crippen LogP contribution in [0.4, 0.5) is 0 Å². The molecule has 3 aromatic heterocycles. The number of hydrogen-bond donors (Lipinski definition) is 1. The zero-order valence-electron chi connectivity index (χ0n) is 8.61. The predicted octanol–water partition coefficient (Wildman–Crippen LogP) is 3.15. The summed E-state index contributed by atoms with van der Waals surface area (Å²) in [7, 11) is 0. The minimum absolute atomic E-state index is 0.157. The molecule has 4 nitrogen and oxygen atoms in total. The number of pyridine rings is 1. The van der Waals surface area contributed by atoms with E-state index in [-0.39, 0.29) is 5.78 Å². The number of nitrogens with zero attached hydrogens (tertiary/aromatic N) is 1. The predicted molar refractivity (Wildman–Crippen MR) is 65.9 cm³/mol. The Labute approximate surface area is 105 Å². The van der Waals surface area contributed by atoms with Gasteiger partial charge < -0.3 is 9.40 Å². The van der Waals surface area contributed by atoms with Gasteiger partial charge in [-0.1, -0.05) is 0 Å². The lowest BCUT2D eigenvalue weighted by Gasteiger charge is -1.94. The zero-order valence-corrected chi connectivity index (χ0v) is 10.2. The molecule has 0 amide bonds. The Bertz CT molecular complexity index is 699. The summed E-state index contributed by atoms with van der Waals surface area (Å²) < 4.78 is 5.79. The zero-order chi connectivity index (χ0) is 11.8. The fourth-order valence-corrected chi connectivity index (χ4v) is 2.03. The first-order chi connectivity index (χ1) is 8.25. The number of carbonyl (C=O) groups excluding carboxylic acids is 1. The summed E-state index contributed by atoms with van der Waals surface area (Å²) >= 11 is 3.17. The third kappa shape index (κ3) is 1.68. The number of hydrogen-bond acceptors (Lipinski definition) is 3. The van der Waals surface area contributed by atoms with E-state index in [4.69, 9.17) is 4.42 Å². The van der Waals surface area contributed by atoms with E-state index in [0.29, 0.717) is 16.0 Å². The van der Waals surface area contributed by atoms with Crippen molar-refractivity contribution in [3.05, 3.63) is 52.8 Å². The maximum atomic E-state index is 12.2. The van der Waals surface area contributed by atoms with E-state index in [2.05, 4.69) is 25.9 Å². The van der Waals surface area contributed by atoms with Crippen LogP contribution in [0, 0.1) is 0 Å². The molecule has 0 saturated carbocycles. The van der Waals surface area contributed by atoms with Crippen molar-refractivity contribution in [1.82, 2.24) is 9.97 Å². The summed E-state index contributed by atoms with van der Waals surface area (Å²) in [6.45, 7) is 0. The number of furan rings is 1. The Morgan fingerprint density at radius 3 is 3.00 bits per heavy atom. The van der Waals surface area contributed by atoms with Crippen molar-refractivity contribution in [3.8, 4) is 0 Å². The van der Waals surface area contributed by atoms with Crippen LogP contribution in [0.5, 0.6) is 0 Å². The van der Waals surface area contributed by atoms with Gasteiger partial charge in [0.2, 0.25) is 5.78 Å². The molecule has 0 aromatic carbocycles. The second-order valence-electron chi connectivity index (χ2n) is 3.56. The number of nitrogens with one attached hydrogen (secondary N) is 1. The Morgan fingerprint density at radius 2 is 2.24 bits per heavy atom. The maximum absolute atomic E-state index is 12.2. The minimum Gasteiger partial charge on any atom is -0.446 e. The summed E-state index contributed by atoms with van der Waals surface area (Å²) in [5.41, 5.74) is 1.45. The fourth-order valence-electron chi connectivity index (χ4n) is 1.72. The molecule has 0 fully saturated rings. The van der Waals surface area contributed by atoms with Crippen molar-refractivity contribution in [2.24, 2.45) is 0 Å². The number of fused-ring (bicyclic) bond motifs is 1. The molecule has 0 unspecified atom stereocenters. The molecule has 1 N–H and O–H groups in total. The molecular weight excluding hydrogens is 284 g/mol. The van der Waals surface area contributed by atoms with Gasteiger partial charge in [-0.2, -0.15) is 0 Å². The first-order valence-electron chi connectivity index (χ1n) is 4.97. The average molecular weight is 291 g/mol. The van der Waals surface area contributed by atoms with Gasteiger partial charge in [-0.15, -0.1) is 0 Å². The fraction of sp³-hybridized carbons (Fsp3) is 0. The topological polar surface area (TPSA) is 58.9 Å². The van der Waals surface area contributed by atoms with Gasteiger partial charge in [-0.05, 0) is 34.1 Å². The number of aromatic amines is 1. The molecule has 5 heteroatoms. The Balaban J connectivity index is 2.13. The van der Waals surface area contributed by atoms with E-state index in [1.54, 1.807) is 30.7 Å². The summed E-state index contributed by atoms with van der Waals surface area (Å²) in [6, 6.07) is 5.16. The first kappa shape index (κ1) is 10.3. The summed E-state index contributed by atoms with van der Waals surface area (Å²) in [4.78, 5) is 19.2. The molecule has 3 rings (SSSR count). The number of rotatable bonds is 2. The van der Waals surface area contributed by atoms with Crippen LogP contribution in [0.15, 0.2) is 45.9 Å². The molecule has 0 spiro atoms. The van der Waals surface area contributed by atoms with E-state index < -0.39 is 0 Å². The van der Waals surface area contributed by atoms with Gasteiger partial charge in [0.1, 0.15) is 0 Å². The van der Waals surface area contributed by atoms with E-state index in [1.807, 2.05) is 6.07 Å². The van der Waals surface area contributed by atoms with Gasteiger partial charge in [-0.25, -0.2) is 0 Å². The van der Waals surface area contributed by atoms with Crippen LogP contribution in [0.2, 0.25) is 0 Å². The number of ketones is 1. The molecule has 0 bridgehead atoms. The van der Waals surface area contributed by atoms with E-state index in [9.17, 15) is 4.79 Å². The van der Waals surface area contributed by atoms with Gasteiger partial charge in [0.15, 0.2) is 10.4 Å². The van der Waals surface area contributed by atoms with Crippen molar-refractivity contribution in [1.29, 1.82) is 0 Å². The van der Waals surface area contributed by atoms with Gasteiger partial charge in [-0.3, -0.25) is 9.78 Å². The van der Waals surface area contributed by atoms with Gasteiger partial charge >= 0.3 is 0 Å². The lowest BCUT2D eigenvalue weighted by atomic mass is 10.1. The molecular formula is C12H7BrN2O2. The minimum atomic E-state index is -0.157. The van der Waals surface area contributed by atoms with E-state index >= 15 is 0 Å². The Kier molecular flexibility index (Phi) is 2.33. The monoisotopic (exact) mass is 290 g/mol. The van der Waals surface area contributed by atoms with Crippen molar-refractivity contribution < 1.29 is 9.21 Å². The second-order valence-corrected chi connectivity index (χ2v) is 4.34. The van der Waals surface area contributed by atoms with Crippen LogP contribution < -0.4 is 0 Å². The summed E-state index contributed by atoms with van der Waals surface area (Å²) in [5.74, 6) is 0.150. The van der Waals surface area contributed by atoms with Crippen molar-refractivity contribution in [3.63, 3.8) is 0 Å². The SMILES string of the molecule is O=C(c1ccc(Br)o1)c1c[nH]c2ccncc12. The molecule has 0 aliphatic carbocycles. The quantitative estimate of drug-likeness (QED) is 0.738. The highest BCUT2D eigenvalue weighted by molar-refractivity contribution is 9.10. The molecule has 0 saturated heterocycles. The summed E-state index contributed by atoms with van der Waals surface area (Å²) in [5, 5.41) is 0.796. The third-order valence-corrected chi connectivity index (χ3v) is 2.95. The molecule has 0 aliphatic heterocycles. The van der Waals surface area contributed by atoms with Crippen LogP contribution in [-0.2, 0) is 0 Å². The van der Waals surface area contributed by atoms with E-state index in [1.165, 1.54) is 0 Å². The lowest BCUT2D eigenvalue weighted by molar-refractivity contribution is 0.101. The van der Waals surface area contributed by atoms with Crippen molar-refractivity contribution >= 4 is 32.6 Å². The summed E-state index contributed by atoms with van der Waals surface area (Å²) in [6.07, 6.45) is 5.01. The Hall–Kier alpha value is -1.88. The van der Waals surface area contributed by atoms with Gasteiger partial charge in [0.25, 0.3) is 0 Å². The molecule has 0 atom stereocenters. The van der Waals surface area contributed by atoms with Crippen molar-refractivity contribution in [2.45, 2.75) is 0 Å². The van der Waals surface area contributed by atoms with Crippen LogP contribution >= 0.6 is 15.9 Å². The smallest absolute Gasteiger partial charge is 0.230 e. The normalized spacial score (nSPS) is 10.9. The standard InChI is InChI=1S/C12H7BrN2O2/c13-11-2-1-10(17-11)12(16)8-6-15-9-3-4-14-5-7(8)9/h1-6,15H. The molecule has 0 aliphatic rings. The number of halogens is 1. The molecule has 84 valence electrons. The number of H-pyrrole nitrogens is 1. The maximum Gasteiger partial charge on any atom is 0.230 e.